The molecule has 7 heteroatoms. The lowest BCUT2D eigenvalue weighted by Crippen LogP contribution is -2.31. The lowest BCUT2D eigenvalue weighted by molar-refractivity contribution is -0.116. The number of anilines is 1. The van der Waals surface area contributed by atoms with E-state index in [4.69, 9.17) is 9.47 Å². The van der Waals surface area contributed by atoms with E-state index in [1.54, 1.807) is 14.0 Å². The van der Waals surface area contributed by atoms with E-state index in [1.807, 2.05) is 49.4 Å². The van der Waals surface area contributed by atoms with Gasteiger partial charge in [-0.05, 0) is 42.7 Å². The van der Waals surface area contributed by atoms with E-state index in [0.717, 1.165) is 16.7 Å². The fourth-order valence-corrected chi connectivity index (χ4v) is 3.72. The maximum absolute atomic E-state index is 12.6. The summed E-state index contributed by atoms with van der Waals surface area (Å²) in [7, 11) is 1.57. The zero-order valence-electron chi connectivity index (χ0n) is 17.1. The van der Waals surface area contributed by atoms with Gasteiger partial charge in [0.1, 0.15) is 18.2 Å². The first-order valence-electron chi connectivity index (χ1n) is 9.72. The number of aromatic nitrogens is 2. The molecular formula is C23H23N3O4. The summed E-state index contributed by atoms with van der Waals surface area (Å²) >= 11 is 0. The summed E-state index contributed by atoms with van der Waals surface area (Å²) in [5.41, 5.74) is 3.24. The van der Waals surface area contributed by atoms with Crippen molar-refractivity contribution in [3.8, 4) is 11.5 Å². The van der Waals surface area contributed by atoms with Crippen LogP contribution in [0, 0.1) is 13.8 Å². The van der Waals surface area contributed by atoms with Crippen LogP contribution in [0.1, 0.15) is 40.4 Å². The quantitative estimate of drug-likeness (QED) is 0.678. The number of benzene rings is 2. The van der Waals surface area contributed by atoms with Crippen molar-refractivity contribution in [1.82, 2.24) is 9.97 Å². The third kappa shape index (κ3) is 3.78. The number of nitrogens with one attached hydrogen (secondary N) is 2. The van der Waals surface area contributed by atoms with Crippen LogP contribution in [0.15, 0.2) is 47.3 Å². The number of H-pyrrole nitrogens is 1. The molecule has 154 valence electrons. The van der Waals surface area contributed by atoms with E-state index in [-0.39, 0.29) is 17.9 Å². The molecule has 0 saturated heterocycles. The highest BCUT2D eigenvalue weighted by molar-refractivity contribution is 5.94. The van der Waals surface area contributed by atoms with Crippen molar-refractivity contribution in [3.05, 3.63) is 80.9 Å². The second kappa shape index (κ2) is 8.02. The van der Waals surface area contributed by atoms with E-state index < -0.39 is 5.92 Å². The average molecular weight is 405 g/mol. The van der Waals surface area contributed by atoms with Crippen molar-refractivity contribution in [1.29, 1.82) is 0 Å². The Morgan fingerprint density at radius 2 is 1.90 bits per heavy atom. The first-order valence-corrected chi connectivity index (χ1v) is 9.72. The number of hydrogen-bond acceptors (Lipinski definition) is 5. The van der Waals surface area contributed by atoms with E-state index >= 15 is 0 Å². The summed E-state index contributed by atoms with van der Waals surface area (Å²) < 4.78 is 11.5. The number of methoxy groups -OCH3 is 1. The number of aromatic amines is 1. The predicted molar refractivity (Wildman–Crippen MR) is 113 cm³/mol. The molecule has 0 unspecified atom stereocenters. The first-order chi connectivity index (χ1) is 14.5. The zero-order chi connectivity index (χ0) is 21.3. The van der Waals surface area contributed by atoms with Crippen molar-refractivity contribution < 1.29 is 14.3 Å². The van der Waals surface area contributed by atoms with Crippen LogP contribution in [0.4, 0.5) is 5.82 Å². The van der Waals surface area contributed by atoms with E-state index in [9.17, 15) is 9.59 Å². The first kappa shape index (κ1) is 19.7. The number of nitrogens with zero attached hydrogens (tertiary/aromatic N) is 1. The number of carbonyl (C=O) groups excluding carboxylic acids is 1. The number of ether oxygens (including phenoxy) is 2. The summed E-state index contributed by atoms with van der Waals surface area (Å²) in [6.45, 7) is 4.14. The van der Waals surface area contributed by atoms with Crippen molar-refractivity contribution >= 4 is 11.7 Å². The molecule has 4 rings (SSSR count). The topological polar surface area (TPSA) is 93.3 Å². The van der Waals surface area contributed by atoms with Gasteiger partial charge in [0.15, 0.2) is 11.5 Å². The molecule has 3 aromatic rings. The van der Waals surface area contributed by atoms with Gasteiger partial charge in [-0.15, -0.1) is 0 Å². The molecule has 0 bridgehead atoms. The van der Waals surface area contributed by atoms with Gasteiger partial charge >= 0.3 is 0 Å². The second-order valence-electron chi connectivity index (χ2n) is 7.34. The number of fused-ring (bicyclic) bond motifs is 1. The molecule has 0 spiro atoms. The largest absolute Gasteiger partial charge is 0.493 e. The third-order valence-corrected chi connectivity index (χ3v) is 5.30. The molecule has 0 aliphatic carbocycles. The van der Waals surface area contributed by atoms with Gasteiger partial charge in [-0.2, -0.15) is 0 Å². The highest BCUT2D eigenvalue weighted by Crippen LogP contribution is 2.38. The maximum atomic E-state index is 12.6. The Morgan fingerprint density at radius 1 is 1.10 bits per heavy atom. The Balaban J connectivity index is 1.66. The molecule has 7 nitrogen and oxygen atoms in total. The van der Waals surface area contributed by atoms with Gasteiger partial charge in [-0.25, -0.2) is 4.98 Å². The predicted octanol–water partition coefficient (Wildman–Crippen LogP) is 3.45. The lowest BCUT2D eigenvalue weighted by atomic mass is 9.86. The number of carbonyl (C=O) groups is 1. The number of amides is 1. The van der Waals surface area contributed by atoms with Crippen molar-refractivity contribution in [2.45, 2.75) is 32.8 Å². The molecule has 1 aliphatic heterocycles. The summed E-state index contributed by atoms with van der Waals surface area (Å²) in [6.07, 6.45) is 0.160. The van der Waals surface area contributed by atoms with Crippen LogP contribution in [-0.2, 0) is 11.4 Å². The van der Waals surface area contributed by atoms with Crippen molar-refractivity contribution in [3.63, 3.8) is 0 Å². The smallest absolute Gasteiger partial charge is 0.256 e. The van der Waals surface area contributed by atoms with E-state index in [2.05, 4.69) is 15.3 Å². The van der Waals surface area contributed by atoms with Crippen LogP contribution in [-0.4, -0.2) is 23.0 Å². The fourth-order valence-electron chi connectivity index (χ4n) is 3.72. The van der Waals surface area contributed by atoms with Gasteiger partial charge in [0.2, 0.25) is 5.91 Å². The Hall–Kier alpha value is -3.61. The van der Waals surface area contributed by atoms with Gasteiger partial charge < -0.3 is 19.8 Å². The minimum absolute atomic E-state index is 0.160. The number of hydrogen-bond donors (Lipinski definition) is 2. The second-order valence-corrected chi connectivity index (χ2v) is 7.34. The molecule has 30 heavy (non-hydrogen) atoms. The fraction of sp³-hybridized carbons (Fsp3) is 0.261. The van der Waals surface area contributed by atoms with Crippen LogP contribution < -0.4 is 20.3 Å². The molecule has 1 aliphatic rings. The van der Waals surface area contributed by atoms with Gasteiger partial charge in [0.05, 0.1) is 12.7 Å². The van der Waals surface area contributed by atoms with Crippen LogP contribution in [0.5, 0.6) is 11.5 Å². The molecule has 2 heterocycles. The number of aryl methyl sites for hydroxylation is 2. The van der Waals surface area contributed by atoms with Crippen LogP contribution >= 0.6 is 0 Å². The summed E-state index contributed by atoms with van der Waals surface area (Å²) in [5.74, 6) is 1.33. The maximum Gasteiger partial charge on any atom is 0.256 e. The van der Waals surface area contributed by atoms with Crippen LogP contribution in [0.25, 0.3) is 0 Å². The minimum Gasteiger partial charge on any atom is -0.493 e. The Morgan fingerprint density at radius 3 is 2.67 bits per heavy atom. The Kier molecular flexibility index (Phi) is 5.27. The SMILES string of the molecule is COc1cc([C@H]2CC(=O)Nc3nc(C)[nH]c(=O)c32)ccc1OCc1ccccc1C. The monoisotopic (exact) mass is 405 g/mol. The standard InChI is InChI=1S/C23H23N3O4/c1-13-6-4-5-7-16(13)12-30-18-9-8-15(10-19(18)29-3)17-11-20(27)26-22-21(17)23(28)25-14(2)24-22/h4-10,17H,11-12H2,1-3H3,(H2,24,25,26,27,28)/t17-/m1/s1. The zero-order valence-corrected chi connectivity index (χ0v) is 17.1. The van der Waals surface area contributed by atoms with Crippen molar-refractivity contribution in [2.24, 2.45) is 0 Å². The molecule has 0 saturated carbocycles. The normalized spacial score (nSPS) is 15.3. The number of rotatable bonds is 5. The molecule has 1 aromatic heterocycles. The average Bonchev–Trinajstić information content (AvgIpc) is 2.72. The minimum atomic E-state index is -0.412. The highest BCUT2D eigenvalue weighted by Gasteiger charge is 2.31. The summed E-state index contributed by atoms with van der Waals surface area (Å²) in [6, 6.07) is 13.5. The molecular weight excluding hydrogens is 382 g/mol. The summed E-state index contributed by atoms with van der Waals surface area (Å²) in [4.78, 5) is 31.8. The molecule has 2 N–H and O–H groups in total. The van der Waals surface area contributed by atoms with Gasteiger partial charge in [-0.3, -0.25) is 9.59 Å². The lowest BCUT2D eigenvalue weighted by Gasteiger charge is -2.25. The van der Waals surface area contributed by atoms with Crippen LogP contribution in [0.2, 0.25) is 0 Å². The summed E-state index contributed by atoms with van der Waals surface area (Å²) in [5, 5.41) is 2.70. The van der Waals surface area contributed by atoms with Gasteiger partial charge in [-0.1, -0.05) is 30.3 Å². The van der Waals surface area contributed by atoms with Gasteiger partial charge in [0.25, 0.3) is 5.56 Å². The molecule has 1 atom stereocenters. The molecule has 1 amide bonds. The van der Waals surface area contributed by atoms with Gasteiger partial charge in [0, 0.05) is 12.3 Å². The molecule has 0 fully saturated rings. The highest BCUT2D eigenvalue weighted by atomic mass is 16.5. The third-order valence-electron chi connectivity index (χ3n) is 5.30. The van der Waals surface area contributed by atoms with Crippen molar-refractivity contribution in [2.75, 3.05) is 12.4 Å². The molecule has 0 radical (unpaired) electrons. The van der Waals surface area contributed by atoms with Crippen LogP contribution in [0.3, 0.4) is 0 Å². The van der Waals surface area contributed by atoms with E-state index in [0.29, 0.717) is 35.3 Å². The molecule has 2 aromatic carbocycles. The van der Waals surface area contributed by atoms with E-state index in [1.165, 1.54) is 0 Å². The Labute approximate surface area is 174 Å². The Bertz CT molecular complexity index is 1170.